The lowest BCUT2D eigenvalue weighted by Gasteiger charge is -2.09. The zero-order chi connectivity index (χ0) is 12.3. The summed E-state index contributed by atoms with van der Waals surface area (Å²) in [6.45, 7) is 0. The van der Waals surface area contributed by atoms with Crippen LogP contribution in [0.4, 0.5) is 0 Å². The first-order chi connectivity index (χ1) is 8.20. The Labute approximate surface area is 109 Å². The molecule has 0 N–H and O–H groups in total. The molecule has 86 valence electrons. The Hall–Kier alpha value is -1.38. The minimum absolute atomic E-state index is 0.524. The lowest BCUT2D eigenvalue weighted by molar-refractivity contribution is 0.864. The van der Waals surface area contributed by atoms with Gasteiger partial charge in [0.25, 0.3) is 0 Å². The number of hydrogen-bond donors (Lipinski definition) is 0. The van der Waals surface area contributed by atoms with Gasteiger partial charge in [-0.25, -0.2) is 0 Å². The van der Waals surface area contributed by atoms with Crippen molar-refractivity contribution in [1.29, 1.82) is 0 Å². The van der Waals surface area contributed by atoms with Gasteiger partial charge in [0.05, 0.1) is 0 Å². The van der Waals surface area contributed by atoms with Crippen LogP contribution in [0.5, 0.6) is 0 Å². The maximum absolute atomic E-state index is 11.0. The van der Waals surface area contributed by atoms with Crippen LogP contribution in [0, 0.1) is 4.91 Å². The van der Waals surface area contributed by atoms with Gasteiger partial charge in [0.15, 0.2) is 0 Å². The van der Waals surface area contributed by atoms with Gasteiger partial charge >= 0.3 is 0 Å². The van der Waals surface area contributed by atoms with Crippen LogP contribution >= 0.6 is 23.2 Å². The summed E-state index contributed by atoms with van der Waals surface area (Å²) in [5.74, 6) is 0. The number of halogens is 2. The predicted molar refractivity (Wildman–Crippen MR) is 70.5 cm³/mol. The van der Waals surface area contributed by atoms with Gasteiger partial charge < -0.3 is 0 Å². The van der Waals surface area contributed by atoms with E-state index in [4.69, 9.17) is 23.2 Å². The molecule has 0 radical (unpaired) electrons. The average Bonchev–Trinajstić information content (AvgIpc) is 2.35. The Kier molecular flexibility index (Phi) is 3.77. The molecule has 4 heteroatoms. The molecule has 0 aliphatic rings. The first-order valence-corrected chi connectivity index (χ1v) is 5.79. The first-order valence-electron chi connectivity index (χ1n) is 5.04. The molecule has 0 spiro atoms. The van der Waals surface area contributed by atoms with E-state index in [1.807, 2.05) is 0 Å². The summed E-state index contributed by atoms with van der Waals surface area (Å²) in [7, 11) is 0. The molecular formula is C13H9Cl2NO. The summed E-state index contributed by atoms with van der Waals surface area (Å²) in [4.78, 5) is 11.0. The van der Waals surface area contributed by atoms with Gasteiger partial charge in [0.1, 0.15) is 6.04 Å². The van der Waals surface area contributed by atoms with Crippen molar-refractivity contribution in [1.82, 2.24) is 0 Å². The van der Waals surface area contributed by atoms with Gasteiger partial charge in [-0.1, -0.05) is 52.6 Å². The monoisotopic (exact) mass is 265 g/mol. The zero-order valence-corrected chi connectivity index (χ0v) is 10.3. The summed E-state index contributed by atoms with van der Waals surface area (Å²) in [5.41, 5.74) is 1.62. The summed E-state index contributed by atoms with van der Waals surface area (Å²) in [5, 5.41) is 4.42. The minimum atomic E-state index is -0.524. The van der Waals surface area contributed by atoms with E-state index in [2.05, 4.69) is 5.18 Å². The average molecular weight is 266 g/mol. The molecule has 2 aromatic rings. The highest BCUT2D eigenvalue weighted by atomic mass is 35.5. The number of nitroso groups, excluding NO2 is 1. The lowest BCUT2D eigenvalue weighted by Crippen LogP contribution is -1.96. The molecule has 2 aromatic carbocycles. The summed E-state index contributed by atoms with van der Waals surface area (Å²) in [6, 6.07) is 13.6. The molecule has 0 aliphatic heterocycles. The van der Waals surface area contributed by atoms with Crippen molar-refractivity contribution in [2.24, 2.45) is 5.18 Å². The van der Waals surface area contributed by atoms with E-state index in [0.717, 1.165) is 11.1 Å². The van der Waals surface area contributed by atoms with Crippen molar-refractivity contribution >= 4 is 23.2 Å². The van der Waals surface area contributed by atoms with E-state index >= 15 is 0 Å². The van der Waals surface area contributed by atoms with Crippen LogP contribution in [0.25, 0.3) is 0 Å². The van der Waals surface area contributed by atoms with Gasteiger partial charge in [-0.15, -0.1) is 4.91 Å². The third-order valence-corrected chi connectivity index (χ3v) is 2.98. The molecule has 2 rings (SSSR count). The maximum Gasteiger partial charge on any atom is 0.142 e. The molecule has 0 aromatic heterocycles. The largest absolute Gasteiger partial charge is 0.150 e. The van der Waals surface area contributed by atoms with Crippen molar-refractivity contribution in [2.75, 3.05) is 0 Å². The SMILES string of the molecule is O=NC(c1ccc(Cl)cc1)c1ccc(Cl)cc1. The third-order valence-electron chi connectivity index (χ3n) is 2.48. The molecule has 0 amide bonds. The van der Waals surface area contributed by atoms with Crippen LogP contribution in [-0.2, 0) is 0 Å². The maximum atomic E-state index is 11.0. The van der Waals surface area contributed by atoms with Gasteiger partial charge in [-0.3, -0.25) is 0 Å². The predicted octanol–water partition coefficient (Wildman–Crippen LogP) is 4.85. The molecule has 0 atom stereocenters. The van der Waals surface area contributed by atoms with E-state index < -0.39 is 6.04 Å². The highest BCUT2D eigenvalue weighted by Crippen LogP contribution is 2.27. The summed E-state index contributed by atoms with van der Waals surface area (Å²) >= 11 is 11.6. The summed E-state index contributed by atoms with van der Waals surface area (Å²) in [6.07, 6.45) is 0. The smallest absolute Gasteiger partial charge is 0.142 e. The van der Waals surface area contributed by atoms with Crippen LogP contribution in [0.2, 0.25) is 10.0 Å². The zero-order valence-electron chi connectivity index (χ0n) is 8.81. The Morgan fingerprint density at radius 1 is 0.765 bits per heavy atom. The normalized spacial score (nSPS) is 10.5. The fraction of sp³-hybridized carbons (Fsp3) is 0.0769. The Morgan fingerprint density at radius 2 is 1.12 bits per heavy atom. The van der Waals surface area contributed by atoms with Crippen molar-refractivity contribution in [3.63, 3.8) is 0 Å². The Bertz CT molecular complexity index is 462. The number of nitrogens with zero attached hydrogens (tertiary/aromatic N) is 1. The molecule has 2 nitrogen and oxygen atoms in total. The van der Waals surface area contributed by atoms with E-state index in [9.17, 15) is 4.91 Å². The second-order valence-corrected chi connectivity index (χ2v) is 4.48. The topological polar surface area (TPSA) is 29.4 Å². The van der Waals surface area contributed by atoms with Crippen molar-refractivity contribution in [2.45, 2.75) is 6.04 Å². The molecular weight excluding hydrogens is 257 g/mol. The van der Waals surface area contributed by atoms with Gasteiger partial charge in [0.2, 0.25) is 0 Å². The van der Waals surface area contributed by atoms with E-state index in [1.165, 1.54) is 0 Å². The van der Waals surface area contributed by atoms with Crippen molar-refractivity contribution in [3.8, 4) is 0 Å². The molecule has 0 bridgehead atoms. The Morgan fingerprint density at radius 3 is 1.41 bits per heavy atom. The number of rotatable bonds is 3. The molecule has 0 heterocycles. The standard InChI is InChI=1S/C13H9Cl2NO/c14-11-5-1-9(2-6-11)13(16-17)10-3-7-12(15)8-4-10/h1-8,13H. The van der Waals surface area contributed by atoms with Crippen molar-refractivity contribution in [3.05, 3.63) is 74.6 Å². The first kappa shape index (κ1) is 12.1. The molecule has 0 aliphatic carbocycles. The van der Waals surface area contributed by atoms with Crippen LogP contribution in [-0.4, -0.2) is 0 Å². The quantitative estimate of drug-likeness (QED) is 0.730. The van der Waals surface area contributed by atoms with Gasteiger partial charge in [-0.05, 0) is 35.4 Å². The summed E-state index contributed by atoms with van der Waals surface area (Å²) < 4.78 is 0. The molecule has 17 heavy (non-hydrogen) atoms. The minimum Gasteiger partial charge on any atom is -0.150 e. The molecule has 0 unspecified atom stereocenters. The molecule has 0 saturated heterocycles. The molecule has 0 fully saturated rings. The van der Waals surface area contributed by atoms with E-state index in [1.54, 1.807) is 48.5 Å². The van der Waals surface area contributed by atoms with Gasteiger partial charge in [0, 0.05) is 10.0 Å². The number of hydrogen-bond acceptors (Lipinski definition) is 2. The van der Waals surface area contributed by atoms with E-state index in [0.29, 0.717) is 10.0 Å². The van der Waals surface area contributed by atoms with Crippen LogP contribution in [0.15, 0.2) is 53.7 Å². The van der Waals surface area contributed by atoms with E-state index in [-0.39, 0.29) is 0 Å². The van der Waals surface area contributed by atoms with Crippen molar-refractivity contribution < 1.29 is 0 Å². The molecule has 0 saturated carbocycles. The lowest BCUT2D eigenvalue weighted by atomic mass is 10.00. The highest BCUT2D eigenvalue weighted by Gasteiger charge is 2.14. The second kappa shape index (κ2) is 5.30. The van der Waals surface area contributed by atoms with Crippen LogP contribution in [0.3, 0.4) is 0 Å². The second-order valence-electron chi connectivity index (χ2n) is 3.61. The van der Waals surface area contributed by atoms with Crippen LogP contribution in [0.1, 0.15) is 17.2 Å². The van der Waals surface area contributed by atoms with Crippen LogP contribution < -0.4 is 0 Å². The van der Waals surface area contributed by atoms with Gasteiger partial charge in [-0.2, -0.15) is 0 Å². The fourth-order valence-corrected chi connectivity index (χ4v) is 1.86. The fourth-order valence-electron chi connectivity index (χ4n) is 1.60. The third kappa shape index (κ3) is 2.84. The Balaban J connectivity index is 2.36. The highest BCUT2D eigenvalue weighted by molar-refractivity contribution is 6.30. The number of benzene rings is 2.